The van der Waals surface area contributed by atoms with Gasteiger partial charge >= 0.3 is 0 Å². The van der Waals surface area contributed by atoms with Gasteiger partial charge in [-0.05, 0) is 65.1 Å². The van der Waals surface area contributed by atoms with E-state index in [-0.39, 0.29) is 0 Å². The molecule has 2 rings (SSSR count). The van der Waals surface area contributed by atoms with Crippen LogP contribution in [0.1, 0.15) is 29.7 Å². The van der Waals surface area contributed by atoms with E-state index >= 15 is 0 Å². The fourth-order valence-corrected chi connectivity index (χ4v) is 3.45. The van der Waals surface area contributed by atoms with Crippen LogP contribution in [0.2, 0.25) is 0 Å². The van der Waals surface area contributed by atoms with Crippen molar-refractivity contribution in [1.82, 2.24) is 5.32 Å². The maximum atomic E-state index is 3.58. The summed E-state index contributed by atoms with van der Waals surface area (Å²) in [5.74, 6) is 0. The summed E-state index contributed by atoms with van der Waals surface area (Å²) in [7, 11) is 0. The van der Waals surface area contributed by atoms with Gasteiger partial charge in [-0.3, -0.25) is 0 Å². The van der Waals surface area contributed by atoms with Crippen LogP contribution < -0.4 is 5.32 Å². The molecule has 1 unspecified atom stereocenters. The van der Waals surface area contributed by atoms with Crippen molar-refractivity contribution in [3.63, 3.8) is 0 Å². The van der Waals surface area contributed by atoms with Gasteiger partial charge < -0.3 is 5.32 Å². The van der Waals surface area contributed by atoms with Gasteiger partial charge in [-0.1, -0.05) is 36.8 Å². The summed E-state index contributed by atoms with van der Waals surface area (Å²) in [5, 5.41) is 5.85. The maximum absolute atomic E-state index is 3.58. The molecule has 0 fully saturated rings. The average molecular weight is 371 g/mol. The molecule has 1 N–H and O–H groups in total. The van der Waals surface area contributed by atoms with E-state index in [0.29, 0.717) is 6.04 Å². The molecule has 1 atom stereocenters. The van der Waals surface area contributed by atoms with E-state index in [1.165, 1.54) is 19.6 Å². The van der Waals surface area contributed by atoms with Gasteiger partial charge in [-0.25, -0.2) is 0 Å². The zero-order chi connectivity index (χ0) is 13.0. The molecule has 1 heterocycles. The Morgan fingerprint density at radius 2 is 2.00 bits per heavy atom. The highest BCUT2D eigenvalue weighted by molar-refractivity contribution is 14.1. The Kier molecular flexibility index (Phi) is 5.21. The number of thiophene rings is 1. The quantitative estimate of drug-likeness (QED) is 0.761. The van der Waals surface area contributed by atoms with Crippen LogP contribution in [-0.2, 0) is 6.42 Å². The van der Waals surface area contributed by atoms with Crippen molar-refractivity contribution in [2.24, 2.45) is 0 Å². The Balaban J connectivity index is 2.13. The zero-order valence-electron chi connectivity index (χ0n) is 10.7. The van der Waals surface area contributed by atoms with Gasteiger partial charge in [-0.15, -0.1) is 11.3 Å². The molecule has 0 aliphatic rings. The predicted octanol–water partition coefficient (Wildman–Crippen LogP) is 4.55. The molecular formula is C15H18INS. The zero-order valence-corrected chi connectivity index (χ0v) is 13.7. The van der Waals surface area contributed by atoms with Crippen molar-refractivity contribution in [3.05, 3.63) is 55.3 Å². The van der Waals surface area contributed by atoms with E-state index in [1.807, 2.05) is 11.3 Å². The minimum Gasteiger partial charge on any atom is -0.310 e. The van der Waals surface area contributed by atoms with E-state index in [2.05, 4.69) is 77.5 Å². The first-order valence-electron chi connectivity index (χ1n) is 6.22. The van der Waals surface area contributed by atoms with Crippen molar-refractivity contribution in [2.45, 2.75) is 26.3 Å². The third kappa shape index (κ3) is 3.80. The Morgan fingerprint density at radius 1 is 1.28 bits per heavy atom. The summed E-state index contributed by atoms with van der Waals surface area (Å²) in [5.41, 5.74) is 4.13. The Bertz CT molecular complexity index is 489. The van der Waals surface area contributed by atoms with E-state index in [0.717, 1.165) is 13.0 Å². The number of halogens is 1. The predicted molar refractivity (Wildman–Crippen MR) is 88.3 cm³/mol. The minimum absolute atomic E-state index is 0.428. The Morgan fingerprint density at radius 3 is 2.56 bits per heavy atom. The second-order valence-corrected chi connectivity index (χ2v) is 7.29. The minimum atomic E-state index is 0.428. The van der Waals surface area contributed by atoms with Crippen LogP contribution in [0.5, 0.6) is 0 Å². The highest BCUT2D eigenvalue weighted by atomic mass is 127. The molecule has 3 heteroatoms. The molecule has 1 aromatic carbocycles. The number of rotatable bonds is 5. The van der Waals surface area contributed by atoms with Gasteiger partial charge in [0.25, 0.3) is 0 Å². The second kappa shape index (κ2) is 6.68. The second-order valence-electron chi connectivity index (χ2n) is 4.48. The number of likely N-dealkylation sites (N-methyl/N-ethyl adjacent to an activating group) is 1. The Hall–Kier alpha value is -0.390. The van der Waals surface area contributed by atoms with Crippen LogP contribution in [0.3, 0.4) is 0 Å². The van der Waals surface area contributed by atoms with Crippen LogP contribution in [-0.4, -0.2) is 6.54 Å². The molecule has 0 saturated carbocycles. The van der Waals surface area contributed by atoms with E-state index in [1.54, 1.807) is 0 Å². The lowest BCUT2D eigenvalue weighted by Gasteiger charge is -2.17. The molecule has 0 amide bonds. The summed E-state index contributed by atoms with van der Waals surface area (Å²) in [6, 6.07) is 11.6. The molecular weight excluding hydrogens is 353 g/mol. The van der Waals surface area contributed by atoms with Crippen molar-refractivity contribution in [1.29, 1.82) is 0 Å². The lowest BCUT2D eigenvalue weighted by Crippen LogP contribution is -2.22. The molecule has 1 aromatic heterocycles. The monoisotopic (exact) mass is 371 g/mol. The smallest absolute Gasteiger partial charge is 0.0656 e. The van der Waals surface area contributed by atoms with Crippen molar-refractivity contribution < 1.29 is 0 Å². The van der Waals surface area contributed by atoms with Crippen molar-refractivity contribution in [3.8, 4) is 0 Å². The molecule has 96 valence electrons. The number of benzene rings is 1. The summed E-state index contributed by atoms with van der Waals surface area (Å²) in [6.45, 7) is 5.30. The topological polar surface area (TPSA) is 12.0 Å². The van der Waals surface area contributed by atoms with Gasteiger partial charge in [-0.2, -0.15) is 0 Å². The summed E-state index contributed by atoms with van der Waals surface area (Å²) >= 11 is 4.21. The van der Waals surface area contributed by atoms with E-state index in [4.69, 9.17) is 0 Å². The van der Waals surface area contributed by atoms with Gasteiger partial charge in [0.05, 0.1) is 2.88 Å². The first-order chi connectivity index (χ1) is 8.69. The van der Waals surface area contributed by atoms with Gasteiger partial charge in [0, 0.05) is 6.04 Å². The third-order valence-corrected chi connectivity index (χ3v) is 4.81. The van der Waals surface area contributed by atoms with E-state index < -0.39 is 0 Å². The van der Waals surface area contributed by atoms with Gasteiger partial charge in [0.1, 0.15) is 0 Å². The fraction of sp³-hybridized carbons (Fsp3) is 0.333. The molecule has 0 aliphatic carbocycles. The number of aryl methyl sites for hydroxylation is 1. The maximum Gasteiger partial charge on any atom is 0.0656 e. The molecule has 0 bridgehead atoms. The van der Waals surface area contributed by atoms with Crippen LogP contribution in [0.4, 0.5) is 0 Å². The lowest BCUT2D eigenvalue weighted by molar-refractivity contribution is 0.551. The normalized spacial score (nSPS) is 12.6. The van der Waals surface area contributed by atoms with Gasteiger partial charge in [0.15, 0.2) is 0 Å². The summed E-state index contributed by atoms with van der Waals surface area (Å²) < 4.78 is 1.36. The Labute approximate surface area is 127 Å². The molecule has 18 heavy (non-hydrogen) atoms. The third-order valence-electron chi connectivity index (χ3n) is 3.00. The summed E-state index contributed by atoms with van der Waals surface area (Å²) in [4.78, 5) is 0. The molecule has 0 spiro atoms. The van der Waals surface area contributed by atoms with Crippen molar-refractivity contribution >= 4 is 33.9 Å². The van der Waals surface area contributed by atoms with Gasteiger partial charge in [0.2, 0.25) is 0 Å². The highest BCUT2D eigenvalue weighted by Crippen LogP contribution is 2.25. The molecule has 0 aliphatic heterocycles. The molecule has 1 nitrogen and oxygen atoms in total. The van der Waals surface area contributed by atoms with Crippen LogP contribution in [0.25, 0.3) is 0 Å². The molecule has 2 aromatic rings. The van der Waals surface area contributed by atoms with Crippen LogP contribution >= 0.6 is 33.9 Å². The first-order valence-corrected chi connectivity index (χ1v) is 8.17. The largest absolute Gasteiger partial charge is 0.310 e. The number of hydrogen-bond donors (Lipinski definition) is 1. The van der Waals surface area contributed by atoms with Crippen LogP contribution in [0.15, 0.2) is 35.7 Å². The lowest BCUT2D eigenvalue weighted by atomic mass is 10.0. The standard InChI is InChI=1S/C15H18INS/c1-3-17-14(13-9-15(16)18-10-13)8-12-6-4-11(2)5-7-12/h4-7,9-10,14,17H,3,8H2,1-2H3. The first kappa shape index (κ1) is 14.0. The highest BCUT2D eigenvalue weighted by Gasteiger charge is 2.12. The molecule has 0 radical (unpaired) electrons. The SMILES string of the molecule is CCNC(Cc1ccc(C)cc1)c1csc(I)c1. The van der Waals surface area contributed by atoms with Crippen molar-refractivity contribution in [2.75, 3.05) is 6.54 Å². The van der Waals surface area contributed by atoms with E-state index in [9.17, 15) is 0 Å². The average Bonchev–Trinajstić information content (AvgIpc) is 2.78. The summed E-state index contributed by atoms with van der Waals surface area (Å²) in [6.07, 6.45) is 1.06. The van der Waals surface area contributed by atoms with Crippen LogP contribution in [0, 0.1) is 9.81 Å². The molecule has 0 saturated heterocycles. The fourth-order valence-electron chi connectivity index (χ4n) is 2.02. The number of nitrogens with one attached hydrogen (secondary N) is 1. The number of hydrogen-bond acceptors (Lipinski definition) is 2.